The maximum Gasteiger partial charge on any atom is 0.256 e. The molecule has 1 aliphatic rings. The Balaban J connectivity index is 2.20. The van der Waals surface area contributed by atoms with Gasteiger partial charge in [-0.3, -0.25) is 9.59 Å². The van der Waals surface area contributed by atoms with Gasteiger partial charge < -0.3 is 16.2 Å². The van der Waals surface area contributed by atoms with Crippen LogP contribution in [0, 0.1) is 0 Å². The molecule has 1 saturated carbocycles. The van der Waals surface area contributed by atoms with E-state index in [0.717, 1.165) is 12.8 Å². The van der Waals surface area contributed by atoms with Crippen molar-refractivity contribution in [1.29, 1.82) is 0 Å². The van der Waals surface area contributed by atoms with Gasteiger partial charge >= 0.3 is 0 Å². The lowest BCUT2D eigenvalue weighted by Crippen LogP contribution is -2.40. The standard InChI is InChI=1S/C13H15ClN2O3/c14-9-4-3-8(11(15)17)7-10(9)16-12(18)13(19)5-1-2-6-13/h3-4,7,19H,1-2,5-6H2,(H2,15,17)(H,16,18). The second-order valence-electron chi connectivity index (χ2n) is 4.75. The largest absolute Gasteiger partial charge is 0.380 e. The van der Waals surface area contributed by atoms with Crippen LogP contribution in [0.2, 0.25) is 5.02 Å². The molecule has 0 atom stereocenters. The van der Waals surface area contributed by atoms with Crippen molar-refractivity contribution in [2.45, 2.75) is 31.3 Å². The van der Waals surface area contributed by atoms with Crippen LogP contribution in [-0.4, -0.2) is 22.5 Å². The van der Waals surface area contributed by atoms with Gasteiger partial charge in [0.05, 0.1) is 10.7 Å². The maximum atomic E-state index is 12.0. The van der Waals surface area contributed by atoms with Gasteiger partial charge in [0.1, 0.15) is 5.60 Å². The van der Waals surface area contributed by atoms with Crippen molar-refractivity contribution in [2.24, 2.45) is 5.73 Å². The van der Waals surface area contributed by atoms with Crippen molar-refractivity contribution >= 4 is 29.1 Å². The summed E-state index contributed by atoms with van der Waals surface area (Å²) in [4.78, 5) is 23.1. The van der Waals surface area contributed by atoms with Crippen LogP contribution in [0.4, 0.5) is 5.69 Å². The van der Waals surface area contributed by atoms with Crippen molar-refractivity contribution in [3.63, 3.8) is 0 Å². The topological polar surface area (TPSA) is 92.4 Å². The quantitative estimate of drug-likeness (QED) is 0.787. The third-order valence-corrected chi connectivity index (χ3v) is 3.68. The van der Waals surface area contributed by atoms with Gasteiger partial charge in [0, 0.05) is 5.56 Å². The fourth-order valence-electron chi connectivity index (χ4n) is 2.20. The predicted octanol–water partition coefficient (Wildman–Crippen LogP) is 1.68. The third kappa shape index (κ3) is 2.88. The first-order chi connectivity index (χ1) is 8.92. The lowest BCUT2D eigenvalue weighted by molar-refractivity contribution is -0.133. The second kappa shape index (κ2) is 5.19. The molecule has 0 saturated heterocycles. The van der Waals surface area contributed by atoms with Gasteiger partial charge in [-0.05, 0) is 43.9 Å². The Bertz CT molecular complexity index is 525. The van der Waals surface area contributed by atoms with Crippen molar-refractivity contribution in [1.82, 2.24) is 0 Å². The van der Waals surface area contributed by atoms with Crippen molar-refractivity contribution in [2.75, 3.05) is 5.32 Å². The van der Waals surface area contributed by atoms with Gasteiger partial charge in [0.15, 0.2) is 0 Å². The van der Waals surface area contributed by atoms with Crippen molar-refractivity contribution in [3.8, 4) is 0 Å². The Hall–Kier alpha value is -1.59. The Labute approximate surface area is 115 Å². The van der Waals surface area contributed by atoms with Crippen LogP contribution >= 0.6 is 11.6 Å². The number of carbonyl (C=O) groups is 2. The van der Waals surface area contributed by atoms with Crippen molar-refractivity contribution in [3.05, 3.63) is 28.8 Å². The summed E-state index contributed by atoms with van der Waals surface area (Å²) in [7, 11) is 0. The molecule has 0 aromatic heterocycles. The summed E-state index contributed by atoms with van der Waals surface area (Å²) in [6, 6.07) is 4.36. The van der Waals surface area contributed by atoms with E-state index in [1.54, 1.807) is 0 Å². The predicted molar refractivity (Wildman–Crippen MR) is 72.0 cm³/mol. The van der Waals surface area contributed by atoms with Crippen LogP contribution in [-0.2, 0) is 4.79 Å². The smallest absolute Gasteiger partial charge is 0.256 e. The summed E-state index contributed by atoms with van der Waals surface area (Å²) < 4.78 is 0. The lowest BCUT2D eigenvalue weighted by atomic mass is 10.0. The summed E-state index contributed by atoms with van der Waals surface area (Å²) >= 11 is 5.95. The first-order valence-corrected chi connectivity index (χ1v) is 6.43. The Morgan fingerprint density at radius 2 is 1.95 bits per heavy atom. The van der Waals surface area contributed by atoms with Crippen LogP contribution in [0.5, 0.6) is 0 Å². The number of carbonyl (C=O) groups excluding carboxylic acids is 2. The minimum Gasteiger partial charge on any atom is -0.380 e. The minimum absolute atomic E-state index is 0.248. The molecular formula is C13H15ClN2O3. The highest BCUT2D eigenvalue weighted by molar-refractivity contribution is 6.34. The van der Waals surface area contributed by atoms with Crippen molar-refractivity contribution < 1.29 is 14.7 Å². The molecule has 0 aliphatic heterocycles. The van der Waals surface area contributed by atoms with Gasteiger partial charge in [-0.25, -0.2) is 0 Å². The van der Waals surface area contributed by atoms with Gasteiger partial charge in [-0.15, -0.1) is 0 Å². The zero-order chi connectivity index (χ0) is 14.0. The van der Waals surface area contributed by atoms with E-state index < -0.39 is 17.4 Å². The highest BCUT2D eigenvalue weighted by Gasteiger charge is 2.39. The van der Waals surface area contributed by atoms with E-state index in [1.165, 1.54) is 18.2 Å². The van der Waals surface area contributed by atoms with Crippen LogP contribution < -0.4 is 11.1 Å². The van der Waals surface area contributed by atoms with E-state index in [0.29, 0.717) is 17.9 Å². The van der Waals surface area contributed by atoms with Gasteiger partial charge in [-0.2, -0.15) is 0 Å². The average molecular weight is 283 g/mol. The number of hydrogen-bond donors (Lipinski definition) is 3. The highest BCUT2D eigenvalue weighted by Crippen LogP contribution is 2.32. The average Bonchev–Trinajstić information content (AvgIpc) is 2.80. The number of amides is 2. The molecule has 19 heavy (non-hydrogen) atoms. The molecule has 4 N–H and O–H groups in total. The zero-order valence-electron chi connectivity index (χ0n) is 10.3. The number of rotatable bonds is 3. The molecule has 2 rings (SSSR count). The highest BCUT2D eigenvalue weighted by atomic mass is 35.5. The van der Waals surface area contributed by atoms with Crippen LogP contribution in [0.15, 0.2) is 18.2 Å². The van der Waals surface area contributed by atoms with E-state index in [4.69, 9.17) is 17.3 Å². The second-order valence-corrected chi connectivity index (χ2v) is 5.16. The summed E-state index contributed by atoms with van der Waals surface area (Å²) in [6.45, 7) is 0. The third-order valence-electron chi connectivity index (χ3n) is 3.35. The molecule has 0 radical (unpaired) electrons. The monoisotopic (exact) mass is 282 g/mol. The molecular weight excluding hydrogens is 268 g/mol. The van der Waals surface area contributed by atoms with E-state index in [1.807, 2.05) is 0 Å². The van der Waals surface area contributed by atoms with Gasteiger partial charge in [0.25, 0.3) is 5.91 Å². The van der Waals surface area contributed by atoms with E-state index in [-0.39, 0.29) is 11.3 Å². The summed E-state index contributed by atoms with van der Waals surface area (Å²) in [6.07, 6.45) is 2.51. The summed E-state index contributed by atoms with van der Waals surface area (Å²) in [5, 5.41) is 13.0. The number of aliphatic hydroxyl groups is 1. The summed E-state index contributed by atoms with van der Waals surface area (Å²) in [5.41, 5.74) is 4.36. The van der Waals surface area contributed by atoms with Crippen LogP contribution in [0.3, 0.4) is 0 Å². The lowest BCUT2D eigenvalue weighted by Gasteiger charge is -2.21. The van der Waals surface area contributed by atoms with E-state index in [9.17, 15) is 14.7 Å². The Morgan fingerprint density at radius 1 is 1.32 bits per heavy atom. The molecule has 102 valence electrons. The molecule has 1 aromatic carbocycles. The molecule has 1 aromatic rings. The van der Waals surface area contributed by atoms with Gasteiger partial charge in [-0.1, -0.05) is 11.6 Å². The molecule has 0 unspecified atom stereocenters. The minimum atomic E-state index is -1.34. The first-order valence-electron chi connectivity index (χ1n) is 6.05. The number of anilines is 1. The molecule has 1 fully saturated rings. The van der Waals surface area contributed by atoms with Gasteiger partial charge in [0.2, 0.25) is 5.91 Å². The maximum absolute atomic E-state index is 12.0. The molecule has 6 heteroatoms. The zero-order valence-corrected chi connectivity index (χ0v) is 11.0. The molecule has 0 spiro atoms. The van der Waals surface area contributed by atoms with Crippen LogP contribution in [0.1, 0.15) is 36.0 Å². The SMILES string of the molecule is NC(=O)c1ccc(Cl)c(NC(=O)C2(O)CCCC2)c1. The Morgan fingerprint density at radius 3 is 2.53 bits per heavy atom. The molecule has 0 heterocycles. The number of benzene rings is 1. The first kappa shape index (κ1) is 13.8. The van der Waals surface area contributed by atoms with E-state index in [2.05, 4.69) is 5.32 Å². The van der Waals surface area contributed by atoms with Crippen LogP contribution in [0.25, 0.3) is 0 Å². The fraction of sp³-hybridized carbons (Fsp3) is 0.385. The number of halogens is 1. The number of primary amides is 1. The normalized spacial score (nSPS) is 17.2. The molecule has 1 aliphatic carbocycles. The fourth-order valence-corrected chi connectivity index (χ4v) is 2.36. The number of nitrogens with two attached hydrogens (primary N) is 1. The molecule has 0 bridgehead atoms. The summed E-state index contributed by atoms with van der Waals surface area (Å²) in [5.74, 6) is -1.10. The van der Waals surface area contributed by atoms with E-state index >= 15 is 0 Å². The molecule has 5 nitrogen and oxygen atoms in total. The Kier molecular flexibility index (Phi) is 3.78. The number of hydrogen-bond acceptors (Lipinski definition) is 3. The number of nitrogens with one attached hydrogen (secondary N) is 1. The molecule has 2 amide bonds.